The Morgan fingerprint density at radius 1 is 1.11 bits per heavy atom. The molecule has 2 nitrogen and oxygen atoms in total. The van der Waals surface area contributed by atoms with E-state index < -0.39 is 0 Å². The molecule has 1 aliphatic heterocycles. The summed E-state index contributed by atoms with van der Waals surface area (Å²) >= 11 is 0. The third-order valence-corrected chi connectivity index (χ3v) is 3.97. The highest BCUT2D eigenvalue weighted by atomic mass is 16.5. The Morgan fingerprint density at radius 2 is 1.94 bits per heavy atom. The van der Waals surface area contributed by atoms with E-state index in [1.54, 1.807) is 0 Å². The number of hydrogen-bond donors (Lipinski definition) is 1. The quantitative estimate of drug-likeness (QED) is 0.887. The summed E-state index contributed by atoms with van der Waals surface area (Å²) in [4.78, 5) is 0. The molecule has 1 fully saturated rings. The van der Waals surface area contributed by atoms with Crippen molar-refractivity contribution in [2.45, 2.75) is 31.7 Å². The molecule has 1 heterocycles. The Labute approximate surface area is 108 Å². The van der Waals surface area contributed by atoms with E-state index in [-0.39, 0.29) is 0 Å². The number of rotatable bonds is 3. The van der Waals surface area contributed by atoms with E-state index in [4.69, 9.17) is 0 Å². The van der Waals surface area contributed by atoms with Gasteiger partial charge in [0.1, 0.15) is 0 Å². The average Bonchev–Trinajstić information content (AvgIpc) is 2.82. The second-order valence-corrected chi connectivity index (χ2v) is 5.14. The Hall–Kier alpha value is -1.38. The van der Waals surface area contributed by atoms with Crippen molar-refractivity contribution < 1.29 is 5.21 Å². The van der Waals surface area contributed by atoms with Crippen LogP contribution in [-0.4, -0.2) is 22.9 Å². The van der Waals surface area contributed by atoms with E-state index in [1.165, 1.54) is 21.4 Å². The number of benzene rings is 2. The van der Waals surface area contributed by atoms with Gasteiger partial charge in [0.05, 0.1) is 0 Å². The summed E-state index contributed by atoms with van der Waals surface area (Å²) in [5.74, 6) is 0. The zero-order valence-electron chi connectivity index (χ0n) is 10.5. The van der Waals surface area contributed by atoms with Crippen LogP contribution in [-0.2, 0) is 6.42 Å². The minimum atomic E-state index is 0.351. The standard InChI is InChI=1S/C16H19NO/c18-17-12-4-8-15(17)11-10-14-7-3-6-13-5-1-2-9-16(13)14/h1-3,5-7,9,15,18H,4,8,10-12H2. The molecule has 0 spiro atoms. The Bertz CT molecular complexity index is 532. The first-order valence-electron chi connectivity index (χ1n) is 6.77. The van der Waals surface area contributed by atoms with Crippen molar-refractivity contribution in [1.29, 1.82) is 0 Å². The highest BCUT2D eigenvalue weighted by molar-refractivity contribution is 5.85. The maximum Gasteiger partial charge on any atom is 0.0353 e. The summed E-state index contributed by atoms with van der Waals surface area (Å²) in [6.07, 6.45) is 4.34. The minimum Gasteiger partial charge on any atom is -0.314 e. The van der Waals surface area contributed by atoms with Gasteiger partial charge < -0.3 is 5.21 Å². The van der Waals surface area contributed by atoms with Gasteiger partial charge in [-0.3, -0.25) is 0 Å². The topological polar surface area (TPSA) is 23.5 Å². The van der Waals surface area contributed by atoms with Crippen molar-refractivity contribution in [2.24, 2.45) is 0 Å². The van der Waals surface area contributed by atoms with Crippen molar-refractivity contribution in [3.05, 3.63) is 48.0 Å². The van der Waals surface area contributed by atoms with Gasteiger partial charge in [-0.15, -0.1) is 0 Å². The number of aryl methyl sites for hydroxylation is 1. The van der Waals surface area contributed by atoms with Crippen molar-refractivity contribution in [3.8, 4) is 0 Å². The van der Waals surface area contributed by atoms with Crippen LogP contribution in [0.2, 0.25) is 0 Å². The summed E-state index contributed by atoms with van der Waals surface area (Å²) in [5.41, 5.74) is 1.40. The lowest BCUT2D eigenvalue weighted by molar-refractivity contribution is -0.104. The van der Waals surface area contributed by atoms with Crippen molar-refractivity contribution in [1.82, 2.24) is 5.06 Å². The lowest BCUT2D eigenvalue weighted by Crippen LogP contribution is -2.25. The van der Waals surface area contributed by atoms with E-state index in [0.29, 0.717) is 6.04 Å². The summed E-state index contributed by atoms with van der Waals surface area (Å²) < 4.78 is 0. The van der Waals surface area contributed by atoms with Gasteiger partial charge in [-0.05, 0) is 42.0 Å². The zero-order chi connectivity index (χ0) is 12.4. The number of fused-ring (bicyclic) bond motifs is 1. The Morgan fingerprint density at radius 3 is 2.78 bits per heavy atom. The lowest BCUT2D eigenvalue weighted by Gasteiger charge is -2.17. The predicted octanol–water partition coefficient (Wildman–Crippen LogP) is 3.63. The molecule has 0 radical (unpaired) electrons. The van der Waals surface area contributed by atoms with Gasteiger partial charge in [-0.2, -0.15) is 5.06 Å². The normalized spacial score (nSPS) is 20.6. The molecule has 1 saturated heterocycles. The molecule has 0 amide bonds. The van der Waals surface area contributed by atoms with Crippen LogP contribution in [0, 0.1) is 0 Å². The molecule has 0 bridgehead atoms. The number of hydrogen-bond acceptors (Lipinski definition) is 2. The minimum absolute atomic E-state index is 0.351. The first-order valence-corrected chi connectivity index (χ1v) is 6.77. The molecule has 1 N–H and O–H groups in total. The van der Waals surface area contributed by atoms with Crippen LogP contribution in [0.5, 0.6) is 0 Å². The van der Waals surface area contributed by atoms with Gasteiger partial charge in [0.15, 0.2) is 0 Å². The molecule has 0 aliphatic carbocycles. The van der Waals surface area contributed by atoms with E-state index >= 15 is 0 Å². The Balaban J connectivity index is 1.78. The zero-order valence-corrected chi connectivity index (χ0v) is 10.5. The maximum atomic E-state index is 9.71. The summed E-state index contributed by atoms with van der Waals surface area (Å²) in [7, 11) is 0. The molecule has 2 heteroatoms. The molecular formula is C16H19NO. The molecule has 2 aromatic carbocycles. The van der Waals surface area contributed by atoms with Crippen LogP contribution in [0.25, 0.3) is 10.8 Å². The highest BCUT2D eigenvalue weighted by Gasteiger charge is 2.22. The van der Waals surface area contributed by atoms with E-state index in [1.807, 2.05) is 0 Å². The fourth-order valence-electron chi connectivity index (χ4n) is 2.95. The van der Waals surface area contributed by atoms with Gasteiger partial charge >= 0.3 is 0 Å². The fraction of sp³-hybridized carbons (Fsp3) is 0.375. The molecule has 1 unspecified atom stereocenters. The largest absolute Gasteiger partial charge is 0.314 e. The third kappa shape index (κ3) is 2.26. The molecule has 1 atom stereocenters. The van der Waals surface area contributed by atoms with Crippen LogP contribution in [0.4, 0.5) is 0 Å². The number of nitrogens with zero attached hydrogens (tertiary/aromatic N) is 1. The first kappa shape index (κ1) is 11.7. The van der Waals surface area contributed by atoms with Gasteiger partial charge in [-0.25, -0.2) is 0 Å². The van der Waals surface area contributed by atoms with Crippen LogP contribution < -0.4 is 0 Å². The van der Waals surface area contributed by atoms with Crippen LogP contribution >= 0.6 is 0 Å². The average molecular weight is 241 g/mol. The van der Waals surface area contributed by atoms with E-state index in [9.17, 15) is 5.21 Å². The van der Waals surface area contributed by atoms with Gasteiger partial charge in [0, 0.05) is 12.6 Å². The first-order chi connectivity index (χ1) is 8.84. The molecule has 94 valence electrons. The van der Waals surface area contributed by atoms with Gasteiger partial charge in [0.25, 0.3) is 0 Å². The summed E-state index contributed by atoms with van der Waals surface area (Å²) in [5, 5.41) is 13.9. The van der Waals surface area contributed by atoms with E-state index in [0.717, 1.165) is 32.2 Å². The second-order valence-electron chi connectivity index (χ2n) is 5.14. The Kier molecular flexibility index (Phi) is 3.31. The lowest BCUT2D eigenvalue weighted by atomic mass is 9.98. The van der Waals surface area contributed by atoms with Crippen LogP contribution in [0.15, 0.2) is 42.5 Å². The van der Waals surface area contributed by atoms with Crippen molar-refractivity contribution in [2.75, 3.05) is 6.54 Å². The monoisotopic (exact) mass is 241 g/mol. The fourth-order valence-corrected chi connectivity index (χ4v) is 2.95. The van der Waals surface area contributed by atoms with Crippen molar-refractivity contribution in [3.63, 3.8) is 0 Å². The molecule has 1 aliphatic rings. The van der Waals surface area contributed by atoms with Crippen molar-refractivity contribution >= 4 is 10.8 Å². The molecular weight excluding hydrogens is 222 g/mol. The van der Waals surface area contributed by atoms with Crippen LogP contribution in [0.1, 0.15) is 24.8 Å². The highest BCUT2D eigenvalue weighted by Crippen LogP contribution is 2.23. The smallest absolute Gasteiger partial charge is 0.0353 e. The summed E-state index contributed by atoms with van der Waals surface area (Å²) in [6.45, 7) is 0.834. The number of hydroxylamine groups is 2. The van der Waals surface area contributed by atoms with Crippen LogP contribution in [0.3, 0.4) is 0 Å². The third-order valence-electron chi connectivity index (χ3n) is 3.97. The van der Waals surface area contributed by atoms with E-state index in [2.05, 4.69) is 42.5 Å². The molecule has 0 aromatic heterocycles. The molecule has 2 aromatic rings. The SMILES string of the molecule is ON1CCCC1CCc1cccc2ccccc12. The molecule has 0 saturated carbocycles. The second kappa shape index (κ2) is 5.09. The maximum absolute atomic E-state index is 9.71. The van der Waals surface area contributed by atoms with Gasteiger partial charge in [0.2, 0.25) is 0 Å². The molecule has 3 rings (SSSR count). The summed E-state index contributed by atoms with van der Waals surface area (Å²) in [6, 6.07) is 15.4. The molecule has 18 heavy (non-hydrogen) atoms. The predicted molar refractivity (Wildman–Crippen MR) is 73.8 cm³/mol. The van der Waals surface area contributed by atoms with Gasteiger partial charge in [-0.1, -0.05) is 42.5 Å².